The summed E-state index contributed by atoms with van der Waals surface area (Å²) in [4.78, 5) is 5.28. The van der Waals surface area contributed by atoms with E-state index in [1.807, 2.05) is 0 Å². The first kappa shape index (κ1) is 12.9. The van der Waals surface area contributed by atoms with Gasteiger partial charge in [-0.1, -0.05) is 0 Å². The summed E-state index contributed by atoms with van der Waals surface area (Å²) < 4.78 is 5.43. The van der Waals surface area contributed by atoms with Crippen LogP contribution in [0, 0.1) is 0 Å². The molecule has 1 unspecified atom stereocenters. The van der Waals surface area contributed by atoms with E-state index >= 15 is 0 Å². The predicted molar refractivity (Wildman–Crippen MR) is 70.6 cm³/mol. The molecule has 4 heteroatoms. The molecule has 2 heterocycles. The quantitative estimate of drug-likeness (QED) is 0.787. The van der Waals surface area contributed by atoms with Gasteiger partial charge in [0.2, 0.25) is 0 Å². The molecule has 18 heavy (non-hydrogen) atoms. The summed E-state index contributed by atoms with van der Waals surface area (Å²) in [5, 5.41) is 9.58. The lowest BCUT2D eigenvalue weighted by atomic mass is 9.92. The third-order valence-electron chi connectivity index (χ3n) is 4.94. The summed E-state index contributed by atoms with van der Waals surface area (Å²) in [7, 11) is 0. The van der Waals surface area contributed by atoms with E-state index in [0.29, 0.717) is 0 Å². The fourth-order valence-electron chi connectivity index (χ4n) is 3.76. The Labute approximate surface area is 110 Å². The van der Waals surface area contributed by atoms with Crippen LogP contribution in [0.5, 0.6) is 0 Å². The van der Waals surface area contributed by atoms with Crippen molar-refractivity contribution in [3.05, 3.63) is 0 Å². The van der Waals surface area contributed by atoms with E-state index in [0.717, 1.165) is 51.2 Å². The Kier molecular flexibility index (Phi) is 4.19. The highest BCUT2D eigenvalue weighted by atomic mass is 16.5. The summed E-state index contributed by atoms with van der Waals surface area (Å²) in [5.41, 5.74) is 0. The van der Waals surface area contributed by atoms with Crippen LogP contribution in [0.15, 0.2) is 0 Å². The Balaban J connectivity index is 1.48. The highest BCUT2D eigenvalue weighted by molar-refractivity contribution is 4.89. The van der Waals surface area contributed by atoms with Crippen molar-refractivity contribution in [1.82, 2.24) is 9.80 Å². The molecule has 1 aliphatic carbocycles. The first-order valence-electron chi connectivity index (χ1n) is 7.57. The van der Waals surface area contributed by atoms with E-state index in [1.54, 1.807) is 0 Å². The molecule has 2 saturated heterocycles. The van der Waals surface area contributed by atoms with Gasteiger partial charge in [-0.25, -0.2) is 0 Å². The SMILES string of the molecule is OC1CCC(N2CCC(N3CCOCC3)C2)CC1. The first-order valence-corrected chi connectivity index (χ1v) is 7.57. The van der Waals surface area contributed by atoms with Crippen LogP contribution in [0.2, 0.25) is 0 Å². The third kappa shape index (κ3) is 2.87. The molecule has 0 radical (unpaired) electrons. The molecule has 3 fully saturated rings. The highest BCUT2D eigenvalue weighted by Crippen LogP contribution is 2.27. The van der Waals surface area contributed by atoms with Crippen LogP contribution >= 0.6 is 0 Å². The number of aliphatic hydroxyl groups is 1. The Hall–Kier alpha value is -0.160. The van der Waals surface area contributed by atoms with Gasteiger partial charge in [-0.05, 0) is 32.1 Å². The minimum Gasteiger partial charge on any atom is -0.393 e. The fraction of sp³-hybridized carbons (Fsp3) is 1.00. The van der Waals surface area contributed by atoms with Crippen LogP contribution in [0.3, 0.4) is 0 Å². The van der Waals surface area contributed by atoms with E-state index in [4.69, 9.17) is 4.74 Å². The third-order valence-corrected chi connectivity index (χ3v) is 4.94. The van der Waals surface area contributed by atoms with Crippen molar-refractivity contribution in [3.8, 4) is 0 Å². The summed E-state index contributed by atoms with van der Waals surface area (Å²) in [6, 6.07) is 1.49. The van der Waals surface area contributed by atoms with Gasteiger partial charge in [-0.3, -0.25) is 9.80 Å². The van der Waals surface area contributed by atoms with E-state index in [9.17, 15) is 5.11 Å². The van der Waals surface area contributed by atoms with E-state index in [-0.39, 0.29) is 6.10 Å². The molecule has 0 aromatic carbocycles. The predicted octanol–water partition coefficient (Wildman–Crippen LogP) is 0.696. The molecule has 2 aliphatic heterocycles. The zero-order valence-electron chi connectivity index (χ0n) is 11.3. The second-order valence-electron chi connectivity index (χ2n) is 6.05. The van der Waals surface area contributed by atoms with Crippen molar-refractivity contribution in [2.24, 2.45) is 0 Å². The smallest absolute Gasteiger partial charge is 0.0594 e. The fourth-order valence-corrected chi connectivity index (χ4v) is 3.76. The molecule has 0 amide bonds. The Morgan fingerprint density at radius 1 is 0.778 bits per heavy atom. The lowest BCUT2D eigenvalue weighted by molar-refractivity contribution is 0.0160. The zero-order valence-corrected chi connectivity index (χ0v) is 11.3. The van der Waals surface area contributed by atoms with Gasteiger partial charge >= 0.3 is 0 Å². The molecule has 0 bridgehead atoms. The highest BCUT2D eigenvalue weighted by Gasteiger charge is 2.33. The van der Waals surface area contributed by atoms with Crippen molar-refractivity contribution in [3.63, 3.8) is 0 Å². The minimum absolute atomic E-state index is 0.0288. The van der Waals surface area contributed by atoms with Crippen molar-refractivity contribution >= 4 is 0 Å². The van der Waals surface area contributed by atoms with Crippen molar-refractivity contribution < 1.29 is 9.84 Å². The molecule has 1 N–H and O–H groups in total. The largest absolute Gasteiger partial charge is 0.393 e. The number of rotatable bonds is 2. The number of likely N-dealkylation sites (tertiary alicyclic amines) is 1. The van der Waals surface area contributed by atoms with Gasteiger partial charge in [0.25, 0.3) is 0 Å². The molecule has 104 valence electrons. The molecule has 1 atom stereocenters. The summed E-state index contributed by atoms with van der Waals surface area (Å²) >= 11 is 0. The molecular formula is C14H26N2O2. The summed E-state index contributed by atoms with van der Waals surface area (Å²) in [5.74, 6) is 0. The van der Waals surface area contributed by atoms with Gasteiger partial charge in [0.15, 0.2) is 0 Å². The maximum atomic E-state index is 9.58. The Morgan fingerprint density at radius 3 is 2.22 bits per heavy atom. The molecule has 0 spiro atoms. The molecule has 1 saturated carbocycles. The zero-order chi connectivity index (χ0) is 12.4. The molecule has 3 rings (SSSR count). The summed E-state index contributed by atoms with van der Waals surface area (Å²) in [6.45, 7) is 6.53. The molecule has 0 aromatic rings. The monoisotopic (exact) mass is 254 g/mol. The second-order valence-corrected chi connectivity index (χ2v) is 6.05. The van der Waals surface area contributed by atoms with Crippen molar-refractivity contribution in [1.29, 1.82) is 0 Å². The van der Waals surface area contributed by atoms with Crippen LogP contribution in [0.25, 0.3) is 0 Å². The standard InChI is InChI=1S/C14H26N2O2/c17-14-3-1-12(2-4-14)16-6-5-13(11-16)15-7-9-18-10-8-15/h12-14,17H,1-11H2. The number of ether oxygens (including phenoxy) is 1. The Bertz CT molecular complexity index is 261. The number of morpholine rings is 1. The van der Waals surface area contributed by atoms with Crippen LogP contribution in [0.4, 0.5) is 0 Å². The summed E-state index contributed by atoms with van der Waals surface area (Å²) in [6.07, 6.45) is 5.68. The van der Waals surface area contributed by atoms with Crippen molar-refractivity contribution in [2.45, 2.75) is 50.3 Å². The lowest BCUT2D eigenvalue weighted by Gasteiger charge is -2.35. The number of hydrogen-bond acceptors (Lipinski definition) is 4. The van der Waals surface area contributed by atoms with Gasteiger partial charge in [-0.2, -0.15) is 0 Å². The Morgan fingerprint density at radius 2 is 1.50 bits per heavy atom. The normalized spacial score (nSPS) is 40.2. The minimum atomic E-state index is -0.0288. The number of hydrogen-bond donors (Lipinski definition) is 1. The topological polar surface area (TPSA) is 35.9 Å². The second kappa shape index (κ2) is 5.87. The van der Waals surface area contributed by atoms with Gasteiger partial charge < -0.3 is 9.84 Å². The molecular weight excluding hydrogens is 228 g/mol. The number of nitrogens with zero attached hydrogens (tertiary/aromatic N) is 2. The first-order chi connectivity index (χ1) is 8.83. The van der Waals surface area contributed by atoms with E-state index in [1.165, 1.54) is 32.4 Å². The number of aliphatic hydroxyl groups excluding tert-OH is 1. The molecule has 4 nitrogen and oxygen atoms in total. The molecule has 0 aromatic heterocycles. The van der Waals surface area contributed by atoms with Gasteiger partial charge in [-0.15, -0.1) is 0 Å². The average molecular weight is 254 g/mol. The van der Waals surface area contributed by atoms with Crippen LogP contribution < -0.4 is 0 Å². The van der Waals surface area contributed by atoms with Gasteiger partial charge in [0.1, 0.15) is 0 Å². The van der Waals surface area contributed by atoms with Crippen LogP contribution in [-0.4, -0.2) is 72.5 Å². The maximum Gasteiger partial charge on any atom is 0.0594 e. The van der Waals surface area contributed by atoms with Gasteiger partial charge in [0, 0.05) is 38.3 Å². The van der Waals surface area contributed by atoms with Gasteiger partial charge in [0.05, 0.1) is 19.3 Å². The van der Waals surface area contributed by atoms with Crippen LogP contribution in [0.1, 0.15) is 32.1 Å². The average Bonchev–Trinajstić information content (AvgIpc) is 2.90. The van der Waals surface area contributed by atoms with Crippen molar-refractivity contribution in [2.75, 3.05) is 39.4 Å². The molecule has 3 aliphatic rings. The lowest BCUT2D eigenvalue weighted by Crippen LogP contribution is -2.46. The van der Waals surface area contributed by atoms with E-state index < -0.39 is 0 Å². The van der Waals surface area contributed by atoms with E-state index in [2.05, 4.69) is 9.80 Å². The van der Waals surface area contributed by atoms with Crippen LogP contribution in [-0.2, 0) is 4.74 Å². The maximum absolute atomic E-state index is 9.58.